The van der Waals surface area contributed by atoms with Gasteiger partial charge in [0.15, 0.2) is 0 Å². The Bertz CT molecular complexity index is 318. The zero-order chi connectivity index (χ0) is 10.7. The lowest BCUT2D eigenvalue weighted by Gasteiger charge is -2.33. The van der Waals surface area contributed by atoms with Crippen molar-refractivity contribution in [3.05, 3.63) is 16.1 Å². The number of aromatic nitrogens is 1. The van der Waals surface area contributed by atoms with Crippen LogP contribution in [0.25, 0.3) is 0 Å². The van der Waals surface area contributed by atoms with Crippen LogP contribution >= 0.6 is 22.9 Å². The Labute approximate surface area is 99.0 Å². The van der Waals surface area contributed by atoms with Crippen LogP contribution in [0.15, 0.2) is 5.38 Å². The molecule has 0 N–H and O–H groups in total. The molecule has 1 fully saturated rings. The van der Waals surface area contributed by atoms with Gasteiger partial charge in [0.2, 0.25) is 0 Å². The van der Waals surface area contributed by atoms with E-state index < -0.39 is 0 Å². The van der Waals surface area contributed by atoms with Gasteiger partial charge in [-0.05, 0) is 6.92 Å². The third-order valence-corrected chi connectivity index (χ3v) is 3.74. The SMILES string of the molecule is Cc1nc(CN2CCOCC2CCl)cs1. The summed E-state index contributed by atoms with van der Waals surface area (Å²) in [6.07, 6.45) is 0. The fourth-order valence-electron chi connectivity index (χ4n) is 1.73. The average Bonchev–Trinajstić information content (AvgIpc) is 2.65. The molecule has 0 spiro atoms. The van der Waals surface area contributed by atoms with Gasteiger partial charge in [0, 0.05) is 30.4 Å². The molecule has 1 atom stereocenters. The Kier molecular flexibility index (Phi) is 3.97. The summed E-state index contributed by atoms with van der Waals surface area (Å²) in [5, 5.41) is 3.25. The molecule has 1 aliphatic heterocycles. The summed E-state index contributed by atoms with van der Waals surface area (Å²) in [6, 6.07) is 0.336. The molecule has 2 heterocycles. The van der Waals surface area contributed by atoms with Crippen LogP contribution < -0.4 is 0 Å². The molecule has 1 aromatic heterocycles. The van der Waals surface area contributed by atoms with E-state index in [0.29, 0.717) is 11.9 Å². The number of rotatable bonds is 3. The van der Waals surface area contributed by atoms with E-state index in [4.69, 9.17) is 16.3 Å². The van der Waals surface area contributed by atoms with Gasteiger partial charge in [0.25, 0.3) is 0 Å². The van der Waals surface area contributed by atoms with Gasteiger partial charge in [-0.15, -0.1) is 22.9 Å². The van der Waals surface area contributed by atoms with E-state index in [2.05, 4.69) is 15.3 Å². The summed E-state index contributed by atoms with van der Waals surface area (Å²) in [4.78, 5) is 6.82. The molecule has 5 heteroatoms. The van der Waals surface area contributed by atoms with Gasteiger partial charge in [0.1, 0.15) is 0 Å². The van der Waals surface area contributed by atoms with Crippen molar-refractivity contribution in [2.45, 2.75) is 19.5 Å². The second kappa shape index (κ2) is 5.25. The van der Waals surface area contributed by atoms with Crippen molar-refractivity contribution < 1.29 is 4.74 Å². The largest absolute Gasteiger partial charge is 0.378 e. The maximum absolute atomic E-state index is 5.91. The average molecular weight is 247 g/mol. The van der Waals surface area contributed by atoms with Crippen molar-refractivity contribution in [1.29, 1.82) is 0 Å². The number of halogens is 1. The fourth-order valence-corrected chi connectivity index (χ4v) is 2.62. The summed E-state index contributed by atoms with van der Waals surface area (Å²) < 4.78 is 5.40. The topological polar surface area (TPSA) is 25.4 Å². The molecular weight excluding hydrogens is 232 g/mol. The van der Waals surface area contributed by atoms with Crippen LogP contribution in [0.3, 0.4) is 0 Å². The summed E-state index contributed by atoms with van der Waals surface area (Å²) in [5.74, 6) is 0.628. The van der Waals surface area contributed by atoms with Crippen molar-refractivity contribution in [3.63, 3.8) is 0 Å². The molecule has 1 aromatic rings. The molecule has 2 rings (SSSR count). The first-order valence-corrected chi connectivity index (χ1v) is 6.50. The summed E-state index contributed by atoms with van der Waals surface area (Å²) in [6.45, 7) is 5.43. The molecule has 1 unspecified atom stereocenters. The van der Waals surface area contributed by atoms with Crippen molar-refractivity contribution >= 4 is 22.9 Å². The smallest absolute Gasteiger partial charge is 0.0897 e. The highest BCUT2D eigenvalue weighted by atomic mass is 35.5. The van der Waals surface area contributed by atoms with Crippen molar-refractivity contribution in [1.82, 2.24) is 9.88 Å². The fraction of sp³-hybridized carbons (Fsp3) is 0.700. The number of morpholine rings is 1. The van der Waals surface area contributed by atoms with Crippen LogP contribution in [-0.2, 0) is 11.3 Å². The quantitative estimate of drug-likeness (QED) is 0.762. The number of alkyl halides is 1. The number of hydrogen-bond acceptors (Lipinski definition) is 4. The molecule has 3 nitrogen and oxygen atoms in total. The molecule has 0 amide bonds. The van der Waals surface area contributed by atoms with Crippen LogP contribution in [-0.4, -0.2) is 41.6 Å². The van der Waals surface area contributed by atoms with E-state index in [1.165, 1.54) is 0 Å². The highest BCUT2D eigenvalue weighted by Gasteiger charge is 2.22. The third kappa shape index (κ3) is 2.91. The molecule has 15 heavy (non-hydrogen) atoms. The lowest BCUT2D eigenvalue weighted by atomic mass is 10.2. The molecule has 0 aliphatic carbocycles. The number of aryl methyl sites for hydroxylation is 1. The Morgan fingerprint density at radius 3 is 3.27 bits per heavy atom. The lowest BCUT2D eigenvalue weighted by molar-refractivity contribution is -0.00351. The summed E-state index contributed by atoms with van der Waals surface area (Å²) in [5.41, 5.74) is 1.15. The molecule has 84 valence electrons. The Hall–Kier alpha value is -0.160. The lowest BCUT2D eigenvalue weighted by Crippen LogP contribution is -2.45. The van der Waals surface area contributed by atoms with Crippen LogP contribution in [0.4, 0.5) is 0 Å². The summed E-state index contributed by atoms with van der Waals surface area (Å²) in [7, 11) is 0. The van der Waals surface area contributed by atoms with Gasteiger partial charge >= 0.3 is 0 Å². The van der Waals surface area contributed by atoms with Crippen molar-refractivity contribution in [2.24, 2.45) is 0 Å². The van der Waals surface area contributed by atoms with Crippen LogP contribution in [0, 0.1) is 6.92 Å². The highest BCUT2D eigenvalue weighted by molar-refractivity contribution is 7.09. The maximum Gasteiger partial charge on any atom is 0.0897 e. The van der Waals surface area contributed by atoms with E-state index in [0.717, 1.165) is 37.0 Å². The number of hydrogen-bond donors (Lipinski definition) is 0. The predicted octanol–water partition coefficient (Wildman–Crippen LogP) is 1.89. The zero-order valence-corrected chi connectivity index (χ0v) is 10.4. The van der Waals surface area contributed by atoms with Crippen molar-refractivity contribution in [2.75, 3.05) is 25.6 Å². The summed E-state index contributed by atoms with van der Waals surface area (Å²) >= 11 is 7.61. The minimum Gasteiger partial charge on any atom is -0.378 e. The molecule has 0 aromatic carbocycles. The highest BCUT2D eigenvalue weighted by Crippen LogP contribution is 2.15. The van der Waals surface area contributed by atoms with Crippen LogP contribution in [0.2, 0.25) is 0 Å². The van der Waals surface area contributed by atoms with Crippen molar-refractivity contribution in [3.8, 4) is 0 Å². The number of thiazole rings is 1. The second-order valence-electron chi connectivity index (χ2n) is 3.71. The van der Waals surface area contributed by atoms with E-state index in [1.807, 2.05) is 6.92 Å². The van der Waals surface area contributed by atoms with E-state index >= 15 is 0 Å². The van der Waals surface area contributed by atoms with E-state index in [1.54, 1.807) is 11.3 Å². The Morgan fingerprint density at radius 1 is 1.73 bits per heavy atom. The van der Waals surface area contributed by atoms with Gasteiger partial charge in [-0.2, -0.15) is 0 Å². The first kappa shape index (κ1) is 11.3. The molecular formula is C10H15ClN2OS. The Morgan fingerprint density at radius 2 is 2.60 bits per heavy atom. The minimum atomic E-state index is 0.336. The predicted molar refractivity (Wildman–Crippen MR) is 62.6 cm³/mol. The van der Waals surface area contributed by atoms with Crippen LogP contribution in [0.5, 0.6) is 0 Å². The van der Waals surface area contributed by atoms with Gasteiger partial charge in [-0.3, -0.25) is 4.90 Å². The molecule has 0 bridgehead atoms. The van der Waals surface area contributed by atoms with E-state index in [-0.39, 0.29) is 0 Å². The standard InChI is InChI=1S/C10H15ClN2OS/c1-8-12-9(7-15-8)5-13-2-3-14-6-10(13)4-11/h7,10H,2-6H2,1H3. The number of nitrogens with zero attached hydrogens (tertiary/aromatic N) is 2. The third-order valence-electron chi connectivity index (χ3n) is 2.56. The van der Waals surface area contributed by atoms with E-state index in [9.17, 15) is 0 Å². The first-order valence-electron chi connectivity index (χ1n) is 5.08. The van der Waals surface area contributed by atoms with Gasteiger partial charge in [0.05, 0.1) is 23.9 Å². The normalized spacial score (nSPS) is 23.2. The molecule has 0 saturated carbocycles. The molecule has 0 radical (unpaired) electrons. The Balaban J connectivity index is 1.97. The monoisotopic (exact) mass is 246 g/mol. The first-order chi connectivity index (χ1) is 7.29. The van der Waals surface area contributed by atoms with Gasteiger partial charge < -0.3 is 4.74 Å². The minimum absolute atomic E-state index is 0.336. The van der Waals surface area contributed by atoms with Crippen LogP contribution in [0.1, 0.15) is 10.7 Å². The zero-order valence-electron chi connectivity index (χ0n) is 8.78. The molecule has 1 aliphatic rings. The van der Waals surface area contributed by atoms with Gasteiger partial charge in [-0.25, -0.2) is 4.98 Å². The van der Waals surface area contributed by atoms with Gasteiger partial charge in [-0.1, -0.05) is 0 Å². The number of ether oxygens (including phenoxy) is 1. The molecule has 1 saturated heterocycles. The second-order valence-corrected chi connectivity index (χ2v) is 5.08. The maximum atomic E-state index is 5.91.